The van der Waals surface area contributed by atoms with Crippen LogP contribution in [0.3, 0.4) is 0 Å². The van der Waals surface area contributed by atoms with Crippen molar-refractivity contribution in [3.8, 4) is 23.5 Å². The molecule has 0 bridgehead atoms. The molecule has 0 atom stereocenters. The summed E-state index contributed by atoms with van der Waals surface area (Å²) in [5.74, 6) is 0.316. The number of nitrogens with zero attached hydrogens (tertiary/aromatic N) is 3. The Labute approximate surface area is 164 Å². The molecule has 0 N–H and O–H groups in total. The number of rotatable bonds is 7. The van der Waals surface area contributed by atoms with E-state index in [2.05, 4.69) is 4.90 Å². The molecular weight excluding hydrogens is 362 g/mol. The lowest BCUT2D eigenvalue weighted by atomic mass is 10.1. The molecule has 1 saturated heterocycles. The molecule has 1 aliphatic rings. The van der Waals surface area contributed by atoms with Crippen molar-refractivity contribution in [3.05, 3.63) is 35.9 Å². The molecular formula is C20H23N3O5. The van der Waals surface area contributed by atoms with Gasteiger partial charge in [0.2, 0.25) is 11.7 Å². The Morgan fingerprint density at radius 1 is 1.04 bits per heavy atom. The summed E-state index contributed by atoms with van der Waals surface area (Å²) in [6, 6.07) is 3.19. The maximum Gasteiger partial charge on any atom is 0.292 e. The van der Waals surface area contributed by atoms with Crippen LogP contribution in [-0.4, -0.2) is 68.9 Å². The highest BCUT2D eigenvalue weighted by Crippen LogP contribution is 2.38. The van der Waals surface area contributed by atoms with Gasteiger partial charge in [-0.3, -0.25) is 9.59 Å². The van der Waals surface area contributed by atoms with Crippen LogP contribution in [0, 0.1) is 11.5 Å². The average Bonchev–Trinajstić information content (AvgIpc) is 2.70. The third-order valence-electron chi connectivity index (χ3n) is 4.27. The lowest BCUT2D eigenvalue weighted by molar-refractivity contribution is -0.127. The molecule has 2 rings (SSSR count). The lowest BCUT2D eigenvalue weighted by Gasteiger charge is -2.31. The maximum atomic E-state index is 12.1. The molecule has 1 aromatic rings. The first kappa shape index (κ1) is 21.0. The third-order valence-corrected chi connectivity index (χ3v) is 4.27. The molecule has 0 radical (unpaired) electrons. The molecule has 0 saturated carbocycles. The average molecular weight is 385 g/mol. The highest BCUT2D eigenvalue weighted by molar-refractivity contribution is 6.05. The van der Waals surface area contributed by atoms with Gasteiger partial charge in [0.05, 0.1) is 14.2 Å². The van der Waals surface area contributed by atoms with Gasteiger partial charge in [0, 0.05) is 32.3 Å². The fourth-order valence-corrected chi connectivity index (χ4v) is 2.69. The minimum Gasteiger partial charge on any atom is -0.493 e. The van der Waals surface area contributed by atoms with Gasteiger partial charge in [0.25, 0.3) is 6.26 Å². The van der Waals surface area contributed by atoms with Gasteiger partial charge in [0.1, 0.15) is 0 Å². The summed E-state index contributed by atoms with van der Waals surface area (Å²) in [4.78, 5) is 28.0. The SMILES string of the molecule is COc1cc(/C=C/C(=O)/C=C/C(=O)N2CCN(C)CC2)cc(OC#N)c1OC. The third kappa shape index (κ3) is 5.59. The van der Waals surface area contributed by atoms with Crippen LogP contribution < -0.4 is 14.2 Å². The molecule has 0 aliphatic carbocycles. The van der Waals surface area contributed by atoms with Gasteiger partial charge in [-0.15, -0.1) is 5.26 Å². The smallest absolute Gasteiger partial charge is 0.292 e. The summed E-state index contributed by atoms with van der Waals surface area (Å²) in [7, 11) is 4.90. The van der Waals surface area contributed by atoms with Crippen LogP contribution in [0.5, 0.6) is 17.2 Å². The number of ether oxygens (including phenoxy) is 3. The van der Waals surface area contributed by atoms with Gasteiger partial charge in [-0.05, 0) is 36.9 Å². The van der Waals surface area contributed by atoms with Gasteiger partial charge >= 0.3 is 0 Å². The van der Waals surface area contributed by atoms with Crippen molar-refractivity contribution in [2.24, 2.45) is 0 Å². The minimum atomic E-state index is -0.333. The molecule has 0 spiro atoms. The Morgan fingerprint density at radius 3 is 2.32 bits per heavy atom. The normalized spacial score (nSPS) is 14.9. The van der Waals surface area contributed by atoms with E-state index >= 15 is 0 Å². The van der Waals surface area contributed by atoms with E-state index in [9.17, 15) is 9.59 Å². The monoisotopic (exact) mass is 385 g/mol. The number of ketones is 1. The van der Waals surface area contributed by atoms with E-state index in [4.69, 9.17) is 19.5 Å². The number of methoxy groups -OCH3 is 2. The zero-order chi connectivity index (χ0) is 20.5. The number of allylic oxidation sites excluding steroid dienone is 2. The largest absolute Gasteiger partial charge is 0.493 e. The Balaban J connectivity index is 2.06. The summed E-state index contributed by atoms with van der Waals surface area (Å²) in [5, 5.41) is 8.77. The number of carbonyl (C=O) groups is 2. The standard InChI is InChI=1S/C20H23N3O5/c1-22-8-10-23(11-9-22)19(25)7-6-16(24)5-4-15-12-17(26-2)20(27-3)18(13-15)28-14-21/h4-7,12-13H,8-11H2,1-3H3/b5-4+,7-6+. The van der Waals surface area contributed by atoms with Crippen molar-refractivity contribution in [2.75, 3.05) is 47.4 Å². The molecule has 8 nitrogen and oxygen atoms in total. The van der Waals surface area contributed by atoms with E-state index in [0.717, 1.165) is 13.1 Å². The summed E-state index contributed by atoms with van der Waals surface area (Å²) in [6.07, 6.45) is 6.98. The van der Waals surface area contributed by atoms with Gasteiger partial charge in [-0.2, -0.15) is 0 Å². The first-order valence-corrected chi connectivity index (χ1v) is 8.68. The Bertz CT molecular complexity index is 818. The number of hydrogen-bond acceptors (Lipinski definition) is 7. The van der Waals surface area contributed by atoms with Crippen molar-refractivity contribution in [2.45, 2.75) is 0 Å². The van der Waals surface area contributed by atoms with Crippen molar-refractivity contribution in [1.82, 2.24) is 9.80 Å². The van der Waals surface area contributed by atoms with E-state index in [-0.39, 0.29) is 23.2 Å². The maximum absolute atomic E-state index is 12.1. The number of hydrogen-bond donors (Lipinski definition) is 0. The second-order valence-corrected chi connectivity index (χ2v) is 6.15. The van der Waals surface area contributed by atoms with Crippen LogP contribution >= 0.6 is 0 Å². The molecule has 0 unspecified atom stereocenters. The molecule has 1 fully saturated rings. The first-order chi connectivity index (χ1) is 13.5. The molecule has 28 heavy (non-hydrogen) atoms. The van der Waals surface area contributed by atoms with Gasteiger partial charge < -0.3 is 24.0 Å². The highest BCUT2D eigenvalue weighted by Gasteiger charge is 2.17. The van der Waals surface area contributed by atoms with Crippen LogP contribution in [0.15, 0.2) is 30.4 Å². The predicted molar refractivity (Wildman–Crippen MR) is 103 cm³/mol. The van der Waals surface area contributed by atoms with E-state index in [1.165, 1.54) is 32.4 Å². The number of likely N-dealkylation sites (N-methyl/N-ethyl adjacent to an activating group) is 1. The van der Waals surface area contributed by atoms with Crippen LogP contribution in [0.25, 0.3) is 6.08 Å². The quantitative estimate of drug-likeness (QED) is 0.518. The number of amides is 1. The second-order valence-electron chi connectivity index (χ2n) is 6.15. The molecule has 8 heteroatoms. The fourth-order valence-electron chi connectivity index (χ4n) is 2.69. The van der Waals surface area contributed by atoms with Crippen LogP contribution in [-0.2, 0) is 9.59 Å². The molecule has 1 amide bonds. The molecule has 1 aliphatic heterocycles. The second kappa shape index (κ2) is 10.1. The van der Waals surface area contributed by atoms with Gasteiger partial charge in [-0.1, -0.05) is 6.08 Å². The number of piperazine rings is 1. The predicted octanol–water partition coefficient (Wildman–Crippen LogP) is 1.48. The van der Waals surface area contributed by atoms with Crippen molar-refractivity contribution in [3.63, 3.8) is 0 Å². The molecule has 1 heterocycles. The van der Waals surface area contributed by atoms with Gasteiger partial charge in [0.15, 0.2) is 17.3 Å². The summed E-state index contributed by atoms with van der Waals surface area (Å²) in [6.45, 7) is 2.94. The summed E-state index contributed by atoms with van der Waals surface area (Å²) >= 11 is 0. The van der Waals surface area contributed by atoms with Gasteiger partial charge in [-0.25, -0.2) is 0 Å². The van der Waals surface area contributed by atoms with Crippen LogP contribution in [0.2, 0.25) is 0 Å². The Morgan fingerprint density at radius 2 is 1.71 bits per heavy atom. The number of benzene rings is 1. The summed E-state index contributed by atoms with van der Waals surface area (Å²) in [5.41, 5.74) is 0.579. The molecule has 0 aromatic heterocycles. The first-order valence-electron chi connectivity index (χ1n) is 8.68. The van der Waals surface area contributed by atoms with E-state index < -0.39 is 0 Å². The summed E-state index contributed by atoms with van der Waals surface area (Å²) < 4.78 is 15.3. The lowest BCUT2D eigenvalue weighted by Crippen LogP contribution is -2.46. The Kier molecular flexibility index (Phi) is 7.60. The number of carbonyl (C=O) groups excluding carboxylic acids is 2. The number of nitriles is 1. The fraction of sp³-hybridized carbons (Fsp3) is 0.350. The minimum absolute atomic E-state index is 0.175. The zero-order valence-corrected chi connectivity index (χ0v) is 16.2. The van der Waals surface area contributed by atoms with E-state index in [1.54, 1.807) is 29.4 Å². The van der Waals surface area contributed by atoms with Crippen molar-refractivity contribution < 1.29 is 23.8 Å². The topological polar surface area (TPSA) is 92.1 Å². The highest BCUT2D eigenvalue weighted by atomic mass is 16.5. The van der Waals surface area contributed by atoms with E-state index in [0.29, 0.717) is 24.4 Å². The van der Waals surface area contributed by atoms with E-state index in [1.807, 2.05) is 7.05 Å². The van der Waals surface area contributed by atoms with Crippen molar-refractivity contribution in [1.29, 1.82) is 5.26 Å². The Hall–Kier alpha value is -3.31. The van der Waals surface area contributed by atoms with Crippen LogP contribution in [0.1, 0.15) is 5.56 Å². The van der Waals surface area contributed by atoms with Crippen LogP contribution in [0.4, 0.5) is 0 Å². The van der Waals surface area contributed by atoms with Crippen molar-refractivity contribution >= 4 is 17.8 Å². The molecule has 148 valence electrons. The molecule has 1 aromatic carbocycles. The zero-order valence-electron chi connectivity index (χ0n) is 16.2.